The van der Waals surface area contributed by atoms with E-state index < -0.39 is 24.0 Å². The molecule has 21 heavy (non-hydrogen) atoms. The Balaban J connectivity index is 2.90. The van der Waals surface area contributed by atoms with Crippen molar-refractivity contribution < 1.29 is 24.2 Å². The molecule has 2 unspecified atom stereocenters. The van der Waals surface area contributed by atoms with E-state index in [9.17, 15) is 19.5 Å². The summed E-state index contributed by atoms with van der Waals surface area (Å²) in [6.45, 7) is 5.76. The SMILES string of the molecule is COC(=O)CN(C(=O)N1CCC(C)CC1C(=O)O)C(C)C. The standard InChI is InChI=1S/C14H24N2O5/c1-9(2)16(8-12(17)21-4)14(20)15-6-5-10(3)7-11(15)13(18)19/h9-11H,5-8H2,1-4H3,(H,18,19). The van der Waals surface area contributed by atoms with E-state index in [2.05, 4.69) is 4.74 Å². The van der Waals surface area contributed by atoms with Crippen LogP contribution in [0.2, 0.25) is 0 Å². The lowest BCUT2D eigenvalue weighted by atomic mass is 9.92. The molecule has 2 atom stereocenters. The maximum absolute atomic E-state index is 12.6. The molecule has 0 radical (unpaired) electrons. The van der Waals surface area contributed by atoms with Gasteiger partial charge in [0.05, 0.1) is 7.11 Å². The largest absolute Gasteiger partial charge is 0.480 e. The summed E-state index contributed by atoms with van der Waals surface area (Å²) in [5.74, 6) is -1.26. The molecule has 0 bridgehead atoms. The van der Waals surface area contributed by atoms with E-state index in [-0.39, 0.29) is 18.5 Å². The van der Waals surface area contributed by atoms with Gasteiger partial charge in [0, 0.05) is 12.6 Å². The highest BCUT2D eigenvalue weighted by atomic mass is 16.5. The fourth-order valence-electron chi connectivity index (χ4n) is 2.44. The Morgan fingerprint density at radius 1 is 1.38 bits per heavy atom. The quantitative estimate of drug-likeness (QED) is 0.788. The number of likely N-dealkylation sites (tertiary alicyclic amines) is 1. The van der Waals surface area contributed by atoms with Crippen molar-refractivity contribution in [1.82, 2.24) is 9.80 Å². The molecule has 1 aliphatic heterocycles. The molecule has 1 fully saturated rings. The summed E-state index contributed by atoms with van der Waals surface area (Å²) in [6.07, 6.45) is 1.20. The molecule has 0 saturated carbocycles. The molecule has 2 amide bonds. The zero-order valence-corrected chi connectivity index (χ0v) is 13.0. The van der Waals surface area contributed by atoms with Crippen LogP contribution in [0.25, 0.3) is 0 Å². The van der Waals surface area contributed by atoms with Crippen LogP contribution in [0.5, 0.6) is 0 Å². The Kier molecular flexibility index (Phi) is 5.99. The van der Waals surface area contributed by atoms with E-state index in [1.807, 2.05) is 6.92 Å². The number of ether oxygens (including phenoxy) is 1. The molecule has 7 nitrogen and oxygen atoms in total. The molecule has 1 aliphatic rings. The monoisotopic (exact) mass is 300 g/mol. The van der Waals surface area contributed by atoms with Crippen LogP contribution in [0.3, 0.4) is 0 Å². The molecule has 0 aromatic carbocycles. The van der Waals surface area contributed by atoms with Crippen LogP contribution < -0.4 is 0 Å². The van der Waals surface area contributed by atoms with E-state index in [0.29, 0.717) is 13.0 Å². The average Bonchev–Trinajstić information content (AvgIpc) is 2.43. The number of hydrogen-bond acceptors (Lipinski definition) is 4. The fraction of sp³-hybridized carbons (Fsp3) is 0.786. The van der Waals surface area contributed by atoms with Crippen LogP contribution in [0, 0.1) is 5.92 Å². The number of aliphatic carboxylic acids is 1. The molecule has 7 heteroatoms. The molecule has 1 rings (SSSR count). The van der Waals surface area contributed by atoms with Gasteiger partial charge in [-0.15, -0.1) is 0 Å². The predicted molar refractivity (Wildman–Crippen MR) is 75.8 cm³/mol. The summed E-state index contributed by atoms with van der Waals surface area (Å²) in [4.78, 5) is 38.1. The average molecular weight is 300 g/mol. The Hall–Kier alpha value is -1.79. The number of amides is 2. The maximum atomic E-state index is 12.6. The van der Waals surface area contributed by atoms with Gasteiger partial charge in [-0.25, -0.2) is 9.59 Å². The maximum Gasteiger partial charge on any atom is 0.326 e. The molecular weight excluding hydrogens is 276 g/mol. The van der Waals surface area contributed by atoms with Crippen molar-refractivity contribution in [2.24, 2.45) is 5.92 Å². The van der Waals surface area contributed by atoms with Gasteiger partial charge in [0.15, 0.2) is 0 Å². The number of carbonyl (C=O) groups is 3. The van der Waals surface area contributed by atoms with Crippen LogP contribution in [0.4, 0.5) is 4.79 Å². The number of piperidine rings is 1. The minimum Gasteiger partial charge on any atom is -0.480 e. The van der Waals surface area contributed by atoms with Crippen LogP contribution in [0.1, 0.15) is 33.6 Å². The number of esters is 1. The summed E-state index contributed by atoms with van der Waals surface area (Å²) >= 11 is 0. The lowest BCUT2D eigenvalue weighted by Crippen LogP contribution is -2.56. The molecule has 1 saturated heterocycles. The van der Waals surface area contributed by atoms with E-state index >= 15 is 0 Å². The van der Waals surface area contributed by atoms with Gasteiger partial charge in [0.2, 0.25) is 0 Å². The molecule has 120 valence electrons. The van der Waals surface area contributed by atoms with Crippen molar-refractivity contribution in [3.05, 3.63) is 0 Å². The molecule has 0 aliphatic carbocycles. The van der Waals surface area contributed by atoms with Gasteiger partial charge in [-0.1, -0.05) is 6.92 Å². The second-order valence-corrected chi connectivity index (χ2v) is 5.76. The van der Waals surface area contributed by atoms with Gasteiger partial charge in [-0.05, 0) is 32.6 Å². The summed E-state index contributed by atoms with van der Waals surface area (Å²) in [5.41, 5.74) is 0. The number of carboxylic acids is 1. The summed E-state index contributed by atoms with van der Waals surface area (Å²) in [5, 5.41) is 9.32. The van der Waals surface area contributed by atoms with Gasteiger partial charge in [0.1, 0.15) is 12.6 Å². The first kappa shape index (κ1) is 17.3. The van der Waals surface area contributed by atoms with Gasteiger partial charge in [-0.2, -0.15) is 0 Å². The Morgan fingerprint density at radius 2 is 2.00 bits per heavy atom. The first-order valence-corrected chi connectivity index (χ1v) is 7.14. The molecule has 0 aromatic rings. The Bertz CT molecular complexity index is 410. The number of methoxy groups -OCH3 is 1. The van der Waals surface area contributed by atoms with E-state index in [1.54, 1.807) is 13.8 Å². The van der Waals surface area contributed by atoms with Gasteiger partial charge in [-0.3, -0.25) is 4.79 Å². The lowest BCUT2D eigenvalue weighted by molar-refractivity contribution is -0.144. The summed E-state index contributed by atoms with van der Waals surface area (Å²) in [6, 6.07) is -1.47. The van der Waals surface area contributed by atoms with Crippen molar-refractivity contribution in [2.75, 3.05) is 20.2 Å². The highest BCUT2D eigenvalue weighted by Gasteiger charge is 2.37. The number of carboxylic acid groups (broad SMARTS) is 1. The van der Waals surface area contributed by atoms with Crippen LogP contribution in [-0.4, -0.2) is 65.2 Å². The number of rotatable bonds is 4. The van der Waals surface area contributed by atoms with E-state index in [0.717, 1.165) is 6.42 Å². The number of nitrogens with zero attached hydrogens (tertiary/aromatic N) is 2. The third kappa shape index (κ3) is 4.34. The molecule has 0 aromatic heterocycles. The third-order valence-corrected chi connectivity index (χ3v) is 3.79. The van der Waals surface area contributed by atoms with Crippen LogP contribution >= 0.6 is 0 Å². The number of urea groups is 1. The first-order chi connectivity index (χ1) is 9.77. The molecule has 0 spiro atoms. The van der Waals surface area contributed by atoms with Crippen molar-refractivity contribution in [1.29, 1.82) is 0 Å². The van der Waals surface area contributed by atoms with Gasteiger partial charge in [0.25, 0.3) is 0 Å². The van der Waals surface area contributed by atoms with Crippen molar-refractivity contribution in [3.63, 3.8) is 0 Å². The summed E-state index contributed by atoms with van der Waals surface area (Å²) in [7, 11) is 1.26. The Morgan fingerprint density at radius 3 is 2.48 bits per heavy atom. The van der Waals surface area contributed by atoms with Gasteiger partial charge < -0.3 is 19.6 Å². The van der Waals surface area contributed by atoms with Crippen molar-refractivity contribution in [2.45, 2.75) is 45.7 Å². The lowest BCUT2D eigenvalue weighted by Gasteiger charge is -2.39. The predicted octanol–water partition coefficient (Wildman–Crippen LogP) is 1.17. The minimum atomic E-state index is -1.00. The smallest absolute Gasteiger partial charge is 0.326 e. The van der Waals surface area contributed by atoms with Crippen molar-refractivity contribution >= 4 is 18.0 Å². The molecule has 1 N–H and O–H groups in total. The second-order valence-electron chi connectivity index (χ2n) is 5.76. The number of carbonyl (C=O) groups excluding carboxylic acids is 2. The summed E-state index contributed by atoms with van der Waals surface area (Å²) < 4.78 is 4.59. The third-order valence-electron chi connectivity index (χ3n) is 3.79. The highest BCUT2D eigenvalue weighted by Crippen LogP contribution is 2.24. The first-order valence-electron chi connectivity index (χ1n) is 7.14. The van der Waals surface area contributed by atoms with E-state index in [1.165, 1.54) is 16.9 Å². The fourth-order valence-corrected chi connectivity index (χ4v) is 2.44. The number of hydrogen-bond donors (Lipinski definition) is 1. The second kappa shape index (κ2) is 7.28. The highest BCUT2D eigenvalue weighted by molar-refractivity contribution is 5.85. The topological polar surface area (TPSA) is 87.2 Å². The molecular formula is C14H24N2O5. The van der Waals surface area contributed by atoms with Crippen LogP contribution in [0.15, 0.2) is 0 Å². The van der Waals surface area contributed by atoms with Crippen molar-refractivity contribution in [3.8, 4) is 0 Å². The zero-order valence-electron chi connectivity index (χ0n) is 13.0. The van der Waals surface area contributed by atoms with Crippen LogP contribution in [-0.2, 0) is 14.3 Å². The van der Waals surface area contributed by atoms with E-state index in [4.69, 9.17) is 0 Å². The van der Waals surface area contributed by atoms with Gasteiger partial charge >= 0.3 is 18.0 Å². The zero-order chi connectivity index (χ0) is 16.2. The minimum absolute atomic E-state index is 0.175. The Labute approximate surface area is 124 Å². The molecule has 1 heterocycles. The normalized spacial score (nSPS) is 22.0.